The highest BCUT2D eigenvalue weighted by atomic mass is 16.7. The van der Waals surface area contributed by atoms with Gasteiger partial charge in [-0.2, -0.15) is 0 Å². The van der Waals surface area contributed by atoms with Gasteiger partial charge in [-0.25, -0.2) is 0 Å². The van der Waals surface area contributed by atoms with Crippen molar-refractivity contribution in [2.45, 2.75) is 175 Å². The molecule has 0 aliphatic rings. The van der Waals surface area contributed by atoms with Gasteiger partial charge in [-0.15, -0.1) is 0 Å². The van der Waals surface area contributed by atoms with Crippen molar-refractivity contribution in [1.82, 2.24) is 0 Å². The average molecular weight is 527 g/mol. The standard InChI is InChI=1S/C33H66O4/c1-5-9-13-16-19-20-24-28-34-31-37-33(36-30-26-22-18-15-11-7-3)32(27-23-12-8-4)35-29-25-21-17-14-10-6-2/h5-31H2,1-4H3. The molecule has 222 valence electrons. The van der Waals surface area contributed by atoms with E-state index < -0.39 is 0 Å². The van der Waals surface area contributed by atoms with Crippen molar-refractivity contribution in [2.75, 3.05) is 26.6 Å². The predicted octanol–water partition coefficient (Wildman–Crippen LogP) is 11.2. The van der Waals surface area contributed by atoms with Crippen molar-refractivity contribution in [3.05, 3.63) is 11.7 Å². The second-order valence-electron chi connectivity index (χ2n) is 10.7. The summed E-state index contributed by atoms with van der Waals surface area (Å²) in [7, 11) is 0. The third kappa shape index (κ3) is 26.5. The fourth-order valence-electron chi connectivity index (χ4n) is 4.41. The molecule has 0 aliphatic carbocycles. The molecule has 0 N–H and O–H groups in total. The summed E-state index contributed by atoms with van der Waals surface area (Å²) in [5, 5.41) is 0. The van der Waals surface area contributed by atoms with Gasteiger partial charge in [0.25, 0.3) is 0 Å². The second-order valence-corrected chi connectivity index (χ2v) is 10.7. The van der Waals surface area contributed by atoms with Crippen molar-refractivity contribution < 1.29 is 18.9 Å². The summed E-state index contributed by atoms with van der Waals surface area (Å²) in [5.74, 6) is 1.47. The Kier molecular flexibility index (Phi) is 30.6. The Hall–Kier alpha value is -0.900. The van der Waals surface area contributed by atoms with Crippen LogP contribution in [0.2, 0.25) is 0 Å². The van der Waals surface area contributed by atoms with Gasteiger partial charge in [0.1, 0.15) is 0 Å². The highest BCUT2D eigenvalue weighted by Crippen LogP contribution is 2.20. The van der Waals surface area contributed by atoms with Crippen molar-refractivity contribution in [3.8, 4) is 0 Å². The van der Waals surface area contributed by atoms with E-state index in [1.54, 1.807) is 0 Å². The number of rotatable bonds is 31. The topological polar surface area (TPSA) is 36.9 Å². The summed E-state index contributed by atoms with van der Waals surface area (Å²) in [4.78, 5) is 0. The van der Waals surface area contributed by atoms with Crippen LogP contribution >= 0.6 is 0 Å². The van der Waals surface area contributed by atoms with Gasteiger partial charge in [0.15, 0.2) is 12.6 Å². The average Bonchev–Trinajstić information content (AvgIpc) is 2.91. The molecule has 0 aliphatic heterocycles. The van der Waals surface area contributed by atoms with Crippen LogP contribution in [0.4, 0.5) is 0 Å². The largest absolute Gasteiger partial charge is 0.491 e. The Labute approximate surface area is 232 Å². The van der Waals surface area contributed by atoms with Crippen LogP contribution in [0.15, 0.2) is 11.7 Å². The van der Waals surface area contributed by atoms with Crippen LogP contribution in [0, 0.1) is 0 Å². The molecule has 0 saturated carbocycles. The molecule has 4 heteroatoms. The van der Waals surface area contributed by atoms with E-state index in [1.165, 1.54) is 116 Å². The van der Waals surface area contributed by atoms with Crippen LogP contribution in [-0.4, -0.2) is 26.6 Å². The number of hydrogen-bond acceptors (Lipinski definition) is 4. The molecular weight excluding hydrogens is 460 g/mol. The molecule has 0 amide bonds. The third-order valence-corrected chi connectivity index (χ3v) is 6.91. The summed E-state index contributed by atoms with van der Waals surface area (Å²) >= 11 is 0. The van der Waals surface area contributed by atoms with E-state index in [4.69, 9.17) is 18.9 Å². The van der Waals surface area contributed by atoms with Crippen LogP contribution < -0.4 is 0 Å². The zero-order valence-corrected chi connectivity index (χ0v) is 25.7. The molecule has 0 spiro atoms. The van der Waals surface area contributed by atoms with E-state index in [-0.39, 0.29) is 6.79 Å². The summed E-state index contributed by atoms with van der Waals surface area (Å²) in [5.41, 5.74) is 0. The maximum absolute atomic E-state index is 6.28. The predicted molar refractivity (Wildman–Crippen MR) is 160 cm³/mol. The highest BCUT2D eigenvalue weighted by Gasteiger charge is 2.13. The molecule has 0 heterocycles. The molecular formula is C33H66O4. The first-order chi connectivity index (χ1) is 18.3. The molecule has 0 aromatic heterocycles. The Bertz CT molecular complexity index is 463. The molecule has 0 saturated heterocycles. The maximum Gasteiger partial charge on any atom is 0.321 e. The second kappa shape index (κ2) is 31.3. The van der Waals surface area contributed by atoms with Gasteiger partial charge in [0.2, 0.25) is 0 Å². The first-order valence-electron chi connectivity index (χ1n) is 16.5. The first kappa shape index (κ1) is 36.1. The van der Waals surface area contributed by atoms with E-state index in [1.807, 2.05) is 0 Å². The molecule has 0 aromatic carbocycles. The molecule has 0 aromatic rings. The Morgan fingerprint density at radius 1 is 0.378 bits per heavy atom. The van der Waals surface area contributed by atoms with E-state index in [2.05, 4.69) is 27.7 Å². The lowest BCUT2D eigenvalue weighted by Crippen LogP contribution is -2.10. The van der Waals surface area contributed by atoms with E-state index in [9.17, 15) is 0 Å². The molecule has 0 bridgehead atoms. The van der Waals surface area contributed by atoms with Crippen LogP contribution in [-0.2, 0) is 18.9 Å². The Balaban J connectivity index is 4.66. The minimum atomic E-state index is 0.249. The zero-order chi connectivity index (χ0) is 27.1. The first-order valence-corrected chi connectivity index (χ1v) is 16.5. The van der Waals surface area contributed by atoms with Gasteiger partial charge in [-0.3, -0.25) is 0 Å². The minimum Gasteiger partial charge on any atom is -0.491 e. The normalized spacial score (nSPS) is 12.0. The molecule has 0 rings (SSSR count). The van der Waals surface area contributed by atoms with Crippen LogP contribution in [0.25, 0.3) is 0 Å². The van der Waals surface area contributed by atoms with E-state index >= 15 is 0 Å². The van der Waals surface area contributed by atoms with E-state index in [0.717, 1.165) is 51.1 Å². The third-order valence-electron chi connectivity index (χ3n) is 6.91. The quantitative estimate of drug-likeness (QED) is 0.0511. The van der Waals surface area contributed by atoms with Crippen molar-refractivity contribution >= 4 is 0 Å². The van der Waals surface area contributed by atoms with Crippen molar-refractivity contribution in [2.24, 2.45) is 0 Å². The van der Waals surface area contributed by atoms with Crippen molar-refractivity contribution in [3.63, 3.8) is 0 Å². The molecule has 0 atom stereocenters. The number of unbranched alkanes of at least 4 members (excludes halogenated alkanes) is 18. The summed E-state index contributed by atoms with van der Waals surface area (Å²) in [6.07, 6.45) is 28.5. The number of allylic oxidation sites excluding steroid dienone is 1. The zero-order valence-electron chi connectivity index (χ0n) is 25.7. The molecule has 37 heavy (non-hydrogen) atoms. The van der Waals surface area contributed by atoms with Crippen LogP contribution in [0.5, 0.6) is 0 Å². The van der Waals surface area contributed by atoms with Gasteiger partial charge in [0.05, 0.1) is 19.8 Å². The van der Waals surface area contributed by atoms with Gasteiger partial charge < -0.3 is 18.9 Å². The lowest BCUT2D eigenvalue weighted by molar-refractivity contribution is -0.0846. The lowest BCUT2D eigenvalue weighted by Gasteiger charge is -2.18. The molecule has 4 nitrogen and oxygen atoms in total. The van der Waals surface area contributed by atoms with Gasteiger partial charge >= 0.3 is 5.95 Å². The fraction of sp³-hybridized carbons (Fsp3) is 0.939. The van der Waals surface area contributed by atoms with Crippen LogP contribution in [0.1, 0.15) is 175 Å². The number of ether oxygens (including phenoxy) is 4. The fourth-order valence-corrected chi connectivity index (χ4v) is 4.41. The SMILES string of the molecule is CCCCCCCCCOCOC(OCCCCCCCC)=C(CCCCC)OCCCCCCCC. The van der Waals surface area contributed by atoms with Gasteiger partial charge in [-0.1, -0.05) is 143 Å². The molecule has 0 radical (unpaired) electrons. The smallest absolute Gasteiger partial charge is 0.321 e. The monoisotopic (exact) mass is 526 g/mol. The molecule has 0 fully saturated rings. The van der Waals surface area contributed by atoms with Gasteiger partial charge in [0, 0.05) is 6.42 Å². The van der Waals surface area contributed by atoms with E-state index in [0.29, 0.717) is 12.6 Å². The summed E-state index contributed by atoms with van der Waals surface area (Å²) in [6.45, 7) is 11.5. The Morgan fingerprint density at radius 2 is 0.784 bits per heavy atom. The minimum absolute atomic E-state index is 0.249. The lowest BCUT2D eigenvalue weighted by atomic mass is 10.1. The number of hydrogen-bond donors (Lipinski definition) is 0. The maximum atomic E-state index is 6.28. The summed E-state index contributed by atoms with van der Waals surface area (Å²) < 4.78 is 24.4. The van der Waals surface area contributed by atoms with Crippen LogP contribution in [0.3, 0.4) is 0 Å². The summed E-state index contributed by atoms with van der Waals surface area (Å²) in [6, 6.07) is 0. The highest BCUT2D eigenvalue weighted by molar-refractivity contribution is 4.95. The van der Waals surface area contributed by atoms with Crippen molar-refractivity contribution in [1.29, 1.82) is 0 Å². The molecule has 0 unspecified atom stereocenters. The van der Waals surface area contributed by atoms with Gasteiger partial charge in [-0.05, 0) is 25.7 Å². The Morgan fingerprint density at radius 3 is 1.30 bits per heavy atom.